The Morgan fingerprint density at radius 2 is 2.24 bits per heavy atom. The van der Waals surface area contributed by atoms with E-state index in [-0.39, 0.29) is 5.54 Å². The molecule has 0 bridgehead atoms. The molecule has 1 aliphatic rings. The van der Waals surface area contributed by atoms with Gasteiger partial charge >= 0.3 is 0 Å². The van der Waals surface area contributed by atoms with Crippen LogP contribution in [0.5, 0.6) is 0 Å². The van der Waals surface area contributed by atoms with Crippen LogP contribution in [0.1, 0.15) is 39.8 Å². The smallest absolute Gasteiger partial charge is 0.0965 e. The second-order valence-electron chi connectivity index (χ2n) is 6.99. The molecule has 0 aromatic carbocycles. The van der Waals surface area contributed by atoms with Gasteiger partial charge in [-0.05, 0) is 41.2 Å². The number of rotatable bonds is 6. The summed E-state index contributed by atoms with van der Waals surface area (Å²) in [5, 5.41) is 11.8. The Morgan fingerprint density at radius 3 is 2.86 bits per heavy atom. The highest BCUT2D eigenvalue weighted by atomic mass is 16.5. The molecule has 1 fully saturated rings. The molecule has 1 N–H and O–H groups in total. The fraction of sp³-hybridized carbons (Fsp3) is 0.867. The van der Waals surface area contributed by atoms with Gasteiger partial charge in [-0.25, -0.2) is 0 Å². The molecule has 0 spiro atoms. The van der Waals surface area contributed by atoms with E-state index in [1.165, 1.54) is 0 Å². The van der Waals surface area contributed by atoms with Crippen molar-refractivity contribution in [1.29, 1.82) is 0 Å². The van der Waals surface area contributed by atoms with Gasteiger partial charge in [-0.15, -0.1) is 5.10 Å². The quantitative estimate of drug-likeness (QED) is 0.857. The van der Waals surface area contributed by atoms with E-state index in [2.05, 4.69) is 55.3 Å². The fourth-order valence-corrected chi connectivity index (χ4v) is 2.61. The van der Waals surface area contributed by atoms with Gasteiger partial charge in [0.05, 0.1) is 18.3 Å². The molecule has 0 radical (unpaired) electrons. The minimum Gasteiger partial charge on any atom is -0.377 e. The molecule has 6 heteroatoms. The maximum absolute atomic E-state index is 5.62. The summed E-state index contributed by atoms with van der Waals surface area (Å²) in [4.78, 5) is 2.37. The first kappa shape index (κ1) is 16.4. The summed E-state index contributed by atoms with van der Waals surface area (Å²) in [6, 6.07) is 0.524. The van der Waals surface area contributed by atoms with Gasteiger partial charge in [0.25, 0.3) is 0 Å². The standard InChI is InChI=1S/C15H29N5O/c1-12-14(6-9-21-12)19(5)7-8-20-11-13(17-18-20)10-16-15(2,3)4/h11-12,14,16H,6-10H2,1-5H3. The Balaban J connectivity index is 1.77. The van der Waals surface area contributed by atoms with Gasteiger partial charge in [-0.3, -0.25) is 9.58 Å². The number of nitrogens with one attached hydrogen (secondary N) is 1. The van der Waals surface area contributed by atoms with Gasteiger partial charge < -0.3 is 10.1 Å². The van der Waals surface area contributed by atoms with Crippen molar-refractivity contribution in [3.8, 4) is 0 Å². The number of aromatic nitrogens is 3. The van der Waals surface area contributed by atoms with Gasteiger partial charge in [0.1, 0.15) is 0 Å². The summed E-state index contributed by atoms with van der Waals surface area (Å²) in [6.45, 7) is 12.1. The van der Waals surface area contributed by atoms with Gasteiger partial charge in [0, 0.05) is 37.5 Å². The first-order valence-corrected chi connectivity index (χ1v) is 7.81. The second-order valence-corrected chi connectivity index (χ2v) is 6.99. The van der Waals surface area contributed by atoms with Crippen molar-refractivity contribution >= 4 is 0 Å². The van der Waals surface area contributed by atoms with E-state index in [1.54, 1.807) is 0 Å². The highest BCUT2D eigenvalue weighted by molar-refractivity contribution is 4.93. The molecule has 2 rings (SSSR count). The van der Waals surface area contributed by atoms with Crippen LogP contribution in [-0.4, -0.2) is 57.8 Å². The molecule has 0 saturated carbocycles. The van der Waals surface area contributed by atoms with Gasteiger partial charge in [0.15, 0.2) is 0 Å². The van der Waals surface area contributed by atoms with Crippen LogP contribution in [0.3, 0.4) is 0 Å². The van der Waals surface area contributed by atoms with E-state index in [0.717, 1.165) is 38.4 Å². The topological polar surface area (TPSA) is 55.2 Å². The molecule has 21 heavy (non-hydrogen) atoms. The van der Waals surface area contributed by atoms with Crippen molar-refractivity contribution in [3.05, 3.63) is 11.9 Å². The van der Waals surface area contributed by atoms with E-state index in [4.69, 9.17) is 4.74 Å². The fourth-order valence-electron chi connectivity index (χ4n) is 2.61. The van der Waals surface area contributed by atoms with E-state index < -0.39 is 0 Å². The predicted molar refractivity (Wildman–Crippen MR) is 83.1 cm³/mol. The number of likely N-dealkylation sites (N-methyl/N-ethyl adjacent to an activating group) is 1. The van der Waals surface area contributed by atoms with Gasteiger partial charge in [0.2, 0.25) is 0 Å². The number of ether oxygens (including phenoxy) is 1. The van der Waals surface area contributed by atoms with Crippen molar-refractivity contribution in [1.82, 2.24) is 25.2 Å². The van der Waals surface area contributed by atoms with E-state index in [1.807, 2.05) is 10.9 Å². The average Bonchev–Trinajstić information content (AvgIpc) is 3.01. The predicted octanol–water partition coefficient (Wildman–Crippen LogP) is 1.28. The molecule has 1 saturated heterocycles. The van der Waals surface area contributed by atoms with Crippen molar-refractivity contribution in [2.75, 3.05) is 20.2 Å². The van der Waals surface area contributed by atoms with E-state index in [9.17, 15) is 0 Å². The zero-order valence-corrected chi connectivity index (χ0v) is 14.0. The lowest BCUT2D eigenvalue weighted by Crippen LogP contribution is -2.38. The summed E-state index contributed by atoms with van der Waals surface area (Å²) in [6.07, 6.45) is 3.48. The lowest BCUT2D eigenvalue weighted by atomic mass is 10.1. The van der Waals surface area contributed by atoms with Crippen molar-refractivity contribution < 1.29 is 4.74 Å². The Labute approximate surface area is 127 Å². The molecule has 1 aromatic heterocycles. The minimum absolute atomic E-state index is 0.0998. The molecular formula is C15H29N5O. The zero-order valence-electron chi connectivity index (χ0n) is 14.0. The average molecular weight is 295 g/mol. The number of nitrogens with zero attached hydrogens (tertiary/aromatic N) is 4. The maximum atomic E-state index is 5.62. The van der Waals surface area contributed by atoms with E-state index in [0.29, 0.717) is 12.1 Å². The highest BCUT2D eigenvalue weighted by Crippen LogP contribution is 2.17. The molecule has 2 unspecified atom stereocenters. The van der Waals surface area contributed by atoms with Crippen molar-refractivity contribution in [2.24, 2.45) is 0 Å². The molecule has 1 aromatic rings. The third-order valence-corrected chi connectivity index (χ3v) is 3.97. The molecule has 0 aliphatic carbocycles. The largest absolute Gasteiger partial charge is 0.377 e. The summed E-state index contributed by atoms with van der Waals surface area (Å²) >= 11 is 0. The molecule has 120 valence electrons. The molecular weight excluding hydrogens is 266 g/mol. The lowest BCUT2D eigenvalue weighted by molar-refractivity contribution is 0.0822. The summed E-state index contributed by atoms with van der Waals surface area (Å²) in [5.41, 5.74) is 1.09. The monoisotopic (exact) mass is 295 g/mol. The SMILES string of the molecule is CC1OCCC1N(C)CCn1cc(CNC(C)(C)C)nn1. The molecule has 6 nitrogen and oxygen atoms in total. The maximum Gasteiger partial charge on any atom is 0.0965 e. The highest BCUT2D eigenvalue weighted by Gasteiger charge is 2.27. The Bertz CT molecular complexity index is 440. The Morgan fingerprint density at radius 1 is 1.48 bits per heavy atom. The van der Waals surface area contributed by atoms with Crippen LogP contribution in [-0.2, 0) is 17.8 Å². The Hall–Kier alpha value is -0.980. The van der Waals surface area contributed by atoms with Crippen LogP contribution in [0.2, 0.25) is 0 Å². The summed E-state index contributed by atoms with van der Waals surface area (Å²) in [7, 11) is 2.16. The van der Waals surface area contributed by atoms with Crippen LogP contribution >= 0.6 is 0 Å². The first-order chi connectivity index (χ1) is 9.85. The van der Waals surface area contributed by atoms with Gasteiger partial charge in [-0.1, -0.05) is 5.21 Å². The number of hydrogen-bond acceptors (Lipinski definition) is 5. The summed E-state index contributed by atoms with van der Waals surface area (Å²) < 4.78 is 7.55. The van der Waals surface area contributed by atoms with Gasteiger partial charge in [-0.2, -0.15) is 0 Å². The minimum atomic E-state index is 0.0998. The molecule has 1 aliphatic heterocycles. The first-order valence-electron chi connectivity index (χ1n) is 7.81. The van der Waals surface area contributed by atoms with Crippen LogP contribution < -0.4 is 5.32 Å². The third-order valence-electron chi connectivity index (χ3n) is 3.97. The number of hydrogen-bond donors (Lipinski definition) is 1. The van der Waals surface area contributed by atoms with Crippen molar-refractivity contribution in [2.45, 2.75) is 64.9 Å². The van der Waals surface area contributed by atoms with Crippen LogP contribution in [0.25, 0.3) is 0 Å². The van der Waals surface area contributed by atoms with E-state index >= 15 is 0 Å². The lowest BCUT2D eigenvalue weighted by Gasteiger charge is -2.26. The van der Waals surface area contributed by atoms with Crippen molar-refractivity contribution in [3.63, 3.8) is 0 Å². The molecule has 2 atom stereocenters. The van der Waals surface area contributed by atoms with Crippen LogP contribution in [0.4, 0.5) is 0 Å². The Kier molecular flexibility index (Phi) is 5.35. The van der Waals surface area contributed by atoms with Crippen LogP contribution in [0, 0.1) is 0 Å². The summed E-state index contributed by atoms with van der Waals surface area (Å²) in [5.74, 6) is 0. The normalized spacial score (nSPS) is 23.1. The second kappa shape index (κ2) is 6.85. The molecule has 2 heterocycles. The third kappa shape index (κ3) is 5.05. The molecule has 0 amide bonds. The zero-order chi connectivity index (χ0) is 15.5. The van der Waals surface area contributed by atoms with Crippen LogP contribution in [0.15, 0.2) is 6.20 Å².